The molecule has 2 saturated heterocycles. The van der Waals surface area contributed by atoms with Crippen molar-refractivity contribution in [2.45, 2.75) is 57.9 Å². The molecule has 1 N–H and O–H groups in total. The number of carbonyl (C=O) groups excluding carboxylic acids is 2. The number of piperidine rings is 1. The Morgan fingerprint density at radius 3 is 2.52 bits per heavy atom. The van der Waals surface area contributed by atoms with E-state index in [0.717, 1.165) is 18.4 Å². The van der Waals surface area contributed by atoms with Gasteiger partial charge in [-0.3, -0.25) is 9.59 Å². The average molecular weight is 454 g/mol. The number of benzene rings is 2. The van der Waals surface area contributed by atoms with E-state index in [1.807, 2.05) is 55.1 Å². The van der Waals surface area contributed by atoms with Crippen LogP contribution >= 0.6 is 0 Å². The van der Waals surface area contributed by atoms with Crippen LogP contribution in [-0.2, 0) is 20.9 Å². The predicted octanol–water partition coefficient (Wildman–Crippen LogP) is 3.81. The van der Waals surface area contributed by atoms with E-state index in [2.05, 4.69) is 5.32 Å². The molecule has 7 heteroatoms. The average Bonchev–Trinajstić information content (AvgIpc) is 2.79. The number of halogens is 1. The number of nitrogens with zero attached hydrogens (tertiary/aromatic N) is 2. The van der Waals surface area contributed by atoms with Gasteiger partial charge in [0.05, 0.1) is 17.9 Å². The molecule has 2 fully saturated rings. The second-order valence-electron chi connectivity index (χ2n) is 9.02. The summed E-state index contributed by atoms with van der Waals surface area (Å²) in [5.74, 6) is -0.569. The minimum absolute atomic E-state index is 0.00498. The molecule has 3 unspecified atom stereocenters. The lowest BCUT2D eigenvalue weighted by atomic mass is 10.0. The quantitative estimate of drug-likeness (QED) is 0.723. The van der Waals surface area contributed by atoms with Gasteiger partial charge in [0, 0.05) is 32.6 Å². The molecule has 0 saturated carbocycles. The molecular weight excluding hydrogens is 421 g/mol. The zero-order valence-electron chi connectivity index (χ0n) is 19.3. The maximum absolute atomic E-state index is 14.9. The third kappa shape index (κ3) is 5.53. The molecular formula is C26H32FN3O3. The summed E-state index contributed by atoms with van der Waals surface area (Å²) in [6, 6.07) is 13.8. The van der Waals surface area contributed by atoms with Crippen molar-refractivity contribution >= 4 is 17.5 Å². The summed E-state index contributed by atoms with van der Waals surface area (Å²) < 4.78 is 20.7. The lowest BCUT2D eigenvalue weighted by Crippen LogP contribution is -2.46. The number of amides is 2. The molecule has 0 aliphatic carbocycles. The third-order valence-electron chi connectivity index (χ3n) is 6.27. The van der Waals surface area contributed by atoms with Crippen molar-refractivity contribution in [3.63, 3.8) is 0 Å². The topological polar surface area (TPSA) is 61.9 Å². The molecule has 6 nitrogen and oxygen atoms in total. The van der Waals surface area contributed by atoms with Crippen LogP contribution in [0.15, 0.2) is 48.5 Å². The molecule has 176 valence electrons. The second kappa shape index (κ2) is 10.3. The Balaban J connectivity index is 1.46. The first kappa shape index (κ1) is 23.2. The molecule has 2 aromatic carbocycles. The molecule has 2 aliphatic rings. The van der Waals surface area contributed by atoms with Crippen LogP contribution in [0.3, 0.4) is 0 Å². The highest BCUT2D eigenvalue weighted by atomic mass is 19.1. The van der Waals surface area contributed by atoms with Crippen LogP contribution in [0.4, 0.5) is 10.1 Å². The van der Waals surface area contributed by atoms with Gasteiger partial charge in [-0.15, -0.1) is 0 Å². The molecule has 0 spiro atoms. The first-order chi connectivity index (χ1) is 15.9. The maximum Gasteiger partial charge on any atom is 0.247 e. The summed E-state index contributed by atoms with van der Waals surface area (Å²) in [7, 11) is 0. The van der Waals surface area contributed by atoms with E-state index in [1.54, 1.807) is 11.0 Å². The fourth-order valence-electron chi connectivity index (χ4n) is 4.79. The van der Waals surface area contributed by atoms with Crippen molar-refractivity contribution in [1.29, 1.82) is 0 Å². The van der Waals surface area contributed by atoms with Crippen LogP contribution in [0.1, 0.15) is 50.3 Å². The normalized spacial score (nSPS) is 22.2. The summed E-state index contributed by atoms with van der Waals surface area (Å²) in [5.41, 5.74) is 2.01. The summed E-state index contributed by atoms with van der Waals surface area (Å²) in [6.45, 7) is 6.00. The molecule has 33 heavy (non-hydrogen) atoms. The van der Waals surface area contributed by atoms with Gasteiger partial charge >= 0.3 is 0 Å². The third-order valence-corrected chi connectivity index (χ3v) is 6.27. The van der Waals surface area contributed by atoms with Gasteiger partial charge in [-0.25, -0.2) is 4.39 Å². The molecule has 2 heterocycles. The van der Waals surface area contributed by atoms with Crippen LogP contribution in [0, 0.1) is 5.82 Å². The highest BCUT2D eigenvalue weighted by Gasteiger charge is 2.32. The Labute approximate surface area is 194 Å². The van der Waals surface area contributed by atoms with Gasteiger partial charge < -0.3 is 19.9 Å². The van der Waals surface area contributed by atoms with Crippen molar-refractivity contribution in [3.05, 3.63) is 65.5 Å². The highest BCUT2D eigenvalue weighted by Crippen LogP contribution is 2.27. The molecule has 3 atom stereocenters. The van der Waals surface area contributed by atoms with Crippen molar-refractivity contribution < 1.29 is 18.7 Å². The van der Waals surface area contributed by atoms with Crippen LogP contribution in [-0.4, -0.2) is 48.6 Å². The Morgan fingerprint density at radius 1 is 1.12 bits per heavy atom. The minimum Gasteiger partial charge on any atom is -0.372 e. The number of carbonyl (C=O) groups is 2. The van der Waals surface area contributed by atoms with Gasteiger partial charge in [0.25, 0.3) is 0 Å². The first-order valence-electron chi connectivity index (χ1n) is 11.7. The van der Waals surface area contributed by atoms with E-state index in [-0.39, 0.29) is 36.4 Å². The monoisotopic (exact) mass is 453 g/mol. The molecule has 2 amide bonds. The van der Waals surface area contributed by atoms with Gasteiger partial charge in [-0.2, -0.15) is 0 Å². The summed E-state index contributed by atoms with van der Waals surface area (Å²) in [5, 5.41) is 2.92. The van der Waals surface area contributed by atoms with Crippen LogP contribution < -0.4 is 10.2 Å². The zero-order chi connectivity index (χ0) is 23.4. The Morgan fingerprint density at radius 2 is 1.85 bits per heavy atom. The molecule has 4 rings (SSSR count). The number of hydrogen-bond acceptors (Lipinski definition) is 4. The molecule has 0 aromatic heterocycles. The van der Waals surface area contributed by atoms with Crippen LogP contribution in [0.25, 0.3) is 0 Å². The number of hydrogen-bond donors (Lipinski definition) is 1. The maximum atomic E-state index is 14.9. The lowest BCUT2D eigenvalue weighted by Gasteiger charge is -2.37. The van der Waals surface area contributed by atoms with E-state index >= 15 is 0 Å². The predicted molar refractivity (Wildman–Crippen MR) is 125 cm³/mol. The molecule has 0 bridgehead atoms. The van der Waals surface area contributed by atoms with Crippen molar-refractivity contribution in [1.82, 2.24) is 10.2 Å². The Bertz CT molecular complexity index is 974. The Hall–Kier alpha value is -2.93. The standard InChI is InChI=1S/C26H32FN3O3/c1-18-16-29(17-19(2)33-18)23-12-11-20(14-22(23)27)15-28-26(32)25(21-8-4-3-5-9-21)30-13-7-6-10-24(30)31/h3-5,8-9,11-12,14,18-19,25H,6-7,10,13,15-17H2,1-2H3,(H,28,32). The summed E-state index contributed by atoms with van der Waals surface area (Å²) >= 11 is 0. The van der Waals surface area contributed by atoms with Gasteiger partial charge in [0.15, 0.2) is 0 Å². The van der Waals surface area contributed by atoms with Gasteiger partial charge in [-0.1, -0.05) is 36.4 Å². The molecule has 2 aliphatic heterocycles. The fourth-order valence-corrected chi connectivity index (χ4v) is 4.79. The second-order valence-corrected chi connectivity index (χ2v) is 9.02. The SMILES string of the molecule is CC1CN(c2ccc(CNC(=O)C(c3ccccc3)N3CCCCC3=O)cc2F)CC(C)O1. The van der Waals surface area contributed by atoms with Gasteiger partial charge in [0.2, 0.25) is 11.8 Å². The number of likely N-dealkylation sites (tertiary alicyclic amines) is 1. The van der Waals surface area contributed by atoms with Crippen LogP contribution in [0.2, 0.25) is 0 Å². The van der Waals surface area contributed by atoms with Crippen molar-refractivity contribution in [2.24, 2.45) is 0 Å². The smallest absolute Gasteiger partial charge is 0.247 e. The highest BCUT2D eigenvalue weighted by molar-refractivity contribution is 5.89. The number of nitrogens with one attached hydrogen (secondary N) is 1. The number of rotatable bonds is 6. The largest absolute Gasteiger partial charge is 0.372 e. The van der Waals surface area contributed by atoms with E-state index < -0.39 is 6.04 Å². The van der Waals surface area contributed by atoms with Crippen LogP contribution in [0.5, 0.6) is 0 Å². The van der Waals surface area contributed by atoms with E-state index in [0.29, 0.717) is 37.3 Å². The van der Waals surface area contributed by atoms with E-state index in [9.17, 15) is 14.0 Å². The zero-order valence-corrected chi connectivity index (χ0v) is 19.3. The van der Waals surface area contributed by atoms with Gasteiger partial charge in [-0.05, 0) is 49.9 Å². The minimum atomic E-state index is -0.681. The lowest BCUT2D eigenvalue weighted by molar-refractivity contribution is -0.142. The van der Waals surface area contributed by atoms with E-state index in [4.69, 9.17) is 4.74 Å². The first-order valence-corrected chi connectivity index (χ1v) is 11.7. The fraction of sp³-hybridized carbons (Fsp3) is 0.462. The van der Waals surface area contributed by atoms with Gasteiger partial charge in [0.1, 0.15) is 11.9 Å². The molecule has 0 radical (unpaired) electrons. The van der Waals surface area contributed by atoms with Crippen molar-refractivity contribution in [2.75, 3.05) is 24.5 Å². The number of morpholine rings is 1. The Kier molecular flexibility index (Phi) is 7.28. The summed E-state index contributed by atoms with van der Waals surface area (Å²) in [6.07, 6.45) is 2.28. The van der Waals surface area contributed by atoms with E-state index in [1.165, 1.54) is 6.07 Å². The number of anilines is 1. The molecule has 2 aromatic rings. The van der Waals surface area contributed by atoms with Crippen molar-refractivity contribution in [3.8, 4) is 0 Å². The summed E-state index contributed by atoms with van der Waals surface area (Å²) in [4.78, 5) is 29.4. The number of ether oxygens (including phenoxy) is 1.